The van der Waals surface area contributed by atoms with E-state index in [1.165, 1.54) is 51.4 Å². The molecule has 2 fully saturated rings. The number of carbonyl (C=O) groups is 1. The summed E-state index contributed by atoms with van der Waals surface area (Å²) < 4.78 is 0. The molecule has 3 unspecified atom stereocenters. The Hall–Kier alpha value is -0.570. The lowest BCUT2D eigenvalue weighted by atomic mass is 9.84. The number of carbonyl (C=O) groups excluding carboxylic acids is 1. The van der Waals surface area contributed by atoms with Crippen LogP contribution < -0.4 is 10.6 Å². The van der Waals surface area contributed by atoms with Crippen molar-refractivity contribution >= 4 is 5.91 Å². The van der Waals surface area contributed by atoms with Crippen LogP contribution in [-0.4, -0.2) is 24.5 Å². The lowest BCUT2D eigenvalue weighted by Crippen LogP contribution is -2.48. The van der Waals surface area contributed by atoms with Crippen molar-refractivity contribution in [3.05, 3.63) is 0 Å². The first kappa shape index (κ1) is 13.9. The van der Waals surface area contributed by atoms with Crippen molar-refractivity contribution in [2.45, 2.75) is 76.8 Å². The van der Waals surface area contributed by atoms with E-state index in [9.17, 15) is 4.79 Å². The normalized spacial score (nSPS) is 33.7. The minimum atomic E-state index is 0.0644. The molecular formula is C15H28N2O. The fourth-order valence-electron chi connectivity index (χ4n) is 3.35. The molecule has 1 heterocycles. The predicted molar refractivity (Wildman–Crippen MR) is 74.4 cm³/mol. The Balaban J connectivity index is 1.78. The highest BCUT2D eigenvalue weighted by molar-refractivity contribution is 5.82. The van der Waals surface area contributed by atoms with Gasteiger partial charge in [0.25, 0.3) is 0 Å². The van der Waals surface area contributed by atoms with E-state index >= 15 is 0 Å². The summed E-state index contributed by atoms with van der Waals surface area (Å²) >= 11 is 0. The maximum atomic E-state index is 12.2. The maximum absolute atomic E-state index is 12.2. The Morgan fingerprint density at radius 3 is 2.89 bits per heavy atom. The molecule has 3 nitrogen and oxygen atoms in total. The van der Waals surface area contributed by atoms with Crippen molar-refractivity contribution in [1.29, 1.82) is 0 Å². The van der Waals surface area contributed by atoms with Crippen LogP contribution in [0.4, 0.5) is 0 Å². The van der Waals surface area contributed by atoms with E-state index in [4.69, 9.17) is 0 Å². The number of rotatable bonds is 3. The highest BCUT2D eigenvalue weighted by atomic mass is 16.2. The van der Waals surface area contributed by atoms with E-state index in [-0.39, 0.29) is 11.9 Å². The first-order valence-corrected chi connectivity index (χ1v) is 7.83. The third-order valence-electron chi connectivity index (χ3n) is 4.58. The van der Waals surface area contributed by atoms with Crippen LogP contribution in [0.2, 0.25) is 0 Å². The van der Waals surface area contributed by atoms with E-state index in [0.717, 1.165) is 18.9 Å². The lowest BCUT2D eigenvalue weighted by molar-refractivity contribution is -0.124. The highest BCUT2D eigenvalue weighted by Crippen LogP contribution is 2.26. The Bertz CT molecular complexity index is 259. The number of hydrogen-bond acceptors (Lipinski definition) is 2. The van der Waals surface area contributed by atoms with Gasteiger partial charge in [0.15, 0.2) is 0 Å². The summed E-state index contributed by atoms with van der Waals surface area (Å²) in [5, 5.41) is 6.66. The minimum Gasteiger partial charge on any atom is -0.352 e. The smallest absolute Gasteiger partial charge is 0.237 e. The summed E-state index contributed by atoms with van der Waals surface area (Å²) in [6.45, 7) is 3.27. The summed E-state index contributed by atoms with van der Waals surface area (Å²) in [5.74, 6) is 1.07. The van der Waals surface area contributed by atoms with Gasteiger partial charge in [-0.2, -0.15) is 0 Å². The van der Waals surface area contributed by atoms with Gasteiger partial charge in [0, 0.05) is 6.04 Å². The molecule has 2 N–H and O–H groups in total. The van der Waals surface area contributed by atoms with E-state index in [2.05, 4.69) is 17.6 Å². The van der Waals surface area contributed by atoms with Crippen molar-refractivity contribution in [3.8, 4) is 0 Å². The molecule has 2 rings (SSSR count). The second-order valence-electron chi connectivity index (χ2n) is 6.00. The molecule has 0 aromatic carbocycles. The third kappa shape index (κ3) is 3.98. The van der Waals surface area contributed by atoms with Crippen LogP contribution in [-0.2, 0) is 4.79 Å². The van der Waals surface area contributed by atoms with Crippen molar-refractivity contribution in [1.82, 2.24) is 10.6 Å². The topological polar surface area (TPSA) is 41.1 Å². The van der Waals surface area contributed by atoms with Gasteiger partial charge in [-0.05, 0) is 38.1 Å². The fourth-order valence-corrected chi connectivity index (χ4v) is 3.35. The van der Waals surface area contributed by atoms with Gasteiger partial charge in [-0.3, -0.25) is 4.79 Å². The van der Waals surface area contributed by atoms with Crippen LogP contribution in [0.15, 0.2) is 0 Å². The van der Waals surface area contributed by atoms with Crippen LogP contribution in [0.3, 0.4) is 0 Å². The fraction of sp³-hybridized carbons (Fsp3) is 0.933. The van der Waals surface area contributed by atoms with E-state index in [1.54, 1.807) is 0 Å². The number of nitrogens with one attached hydrogen (secondary N) is 2. The Morgan fingerprint density at radius 1 is 1.17 bits per heavy atom. The Morgan fingerprint density at radius 2 is 2.06 bits per heavy atom. The zero-order chi connectivity index (χ0) is 12.8. The van der Waals surface area contributed by atoms with Gasteiger partial charge in [0.1, 0.15) is 0 Å². The molecule has 1 aliphatic carbocycles. The SMILES string of the molecule is CCC1CCCC(NC(=O)C2CCCCCN2)C1. The van der Waals surface area contributed by atoms with Crippen molar-refractivity contribution < 1.29 is 4.79 Å². The number of amides is 1. The molecule has 3 atom stereocenters. The quantitative estimate of drug-likeness (QED) is 0.810. The van der Waals surface area contributed by atoms with Crippen LogP contribution in [0, 0.1) is 5.92 Å². The van der Waals surface area contributed by atoms with Gasteiger partial charge in [0.2, 0.25) is 5.91 Å². The molecular weight excluding hydrogens is 224 g/mol. The van der Waals surface area contributed by atoms with Crippen LogP contribution in [0.1, 0.15) is 64.7 Å². The zero-order valence-electron chi connectivity index (χ0n) is 11.7. The van der Waals surface area contributed by atoms with Crippen molar-refractivity contribution in [2.75, 3.05) is 6.54 Å². The molecule has 1 saturated heterocycles. The Kier molecular flexibility index (Phi) is 5.48. The molecule has 18 heavy (non-hydrogen) atoms. The lowest BCUT2D eigenvalue weighted by Gasteiger charge is -2.30. The summed E-state index contributed by atoms with van der Waals surface area (Å²) in [7, 11) is 0. The van der Waals surface area contributed by atoms with Crippen LogP contribution in [0.25, 0.3) is 0 Å². The van der Waals surface area contributed by atoms with Gasteiger partial charge in [0.05, 0.1) is 6.04 Å². The average Bonchev–Trinajstić information content (AvgIpc) is 2.68. The molecule has 0 spiro atoms. The molecule has 2 aliphatic rings. The molecule has 1 aliphatic heterocycles. The van der Waals surface area contributed by atoms with E-state index in [0.29, 0.717) is 6.04 Å². The molecule has 104 valence electrons. The standard InChI is InChI=1S/C15H28N2O/c1-2-12-7-6-8-13(11-12)17-15(18)14-9-4-3-5-10-16-14/h12-14,16H,2-11H2,1H3,(H,17,18). The van der Waals surface area contributed by atoms with Crippen LogP contribution in [0.5, 0.6) is 0 Å². The Labute approximate surface area is 111 Å². The largest absolute Gasteiger partial charge is 0.352 e. The first-order chi connectivity index (χ1) is 8.79. The van der Waals surface area contributed by atoms with E-state index < -0.39 is 0 Å². The van der Waals surface area contributed by atoms with Gasteiger partial charge >= 0.3 is 0 Å². The number of hydrogen-bond donors (Lipinski definition) is 2. The first-order valence-electron chi connectivity index (χ1n) is 7.83. The second-order valence-corrected chi connectivity index (χ2v) is 6.00. The van der Waals surface area contributed by atoms with Crippen molar-refractivity contribution in [2.24, 2.45) is 5.92 Å². The molecule has 1 saturated carbocycles. The summed E-state index contributed by atoms with van der Waals surface area (Å²) in [5.41, 5.74) is 0. The van der Waals surface area contributed by atoms with Gasteiger partial charge in [-0.15, -0.1) is 0 Å². The van der Waals surface area contributed by atoms with E-state index in [1.807, 2.05) is 0 Å². The molecule has 3 heteroatoms. The highest BCUT2D eigenvalue weighted by Gasteiger charge is 2.25. The second kappa shape index (κ2) is 7.13. The van der Waals surface area contributed by atoms with Gasteiger partial charge in [-0.25, -0.2) is 0 Å². The summed E-state index contributed by atoms with van der Waals surface area (Å²) in [6, 6.07) is 0.496. The molecule has 0 aromatic heterocycles. The molecule has 1 amide bonds. The summed E-state index contributed by atoms with van der Waals surface area (Å²) in [6.07, 6.45) is 10.9. The van der Waals surface area contributed by atoms with Crippen LogP contribution >= 0.6 is 0 Å². The zero-order valence-corrected chi connectivity index (χ0v) is 11.7. The minimum absolute atomic E-state index is 0.0644. The maximum Gasteiger partial charge on any atom is 0.237 e. The monoisotopic (exact) mass is 252 g/mol. The van der Waals surface area contributed by atoms with Gasteiger partial charge < -0.3 is 10.6 Å². The van der Waals surface area contributed by atoms with Crippen molar-refractivity contribution in [3.63, 3.8) is 0 Å². The molecule has 0 bridgehead atoms. The third-order valence-corrected chi connectivity index (χ3v) is 4.58. The predicted octanol–water partition coefficient (Wildman–Crippen LogP) is 2.60. The molecule has 0 aromatic rings. The molecule has 0 radical (unpaired) electrons. The average molecular weight is 252 g/mol. The van der Waals surface area contributed by atoms with Gasteiger partial charge in [-0.1, -0.05) is 39.0 Å². The summed E-state index contributed by atoms with van der Waals surface area (Å²) in [4.78, 5) is 12.2.